The summed E-state index contributed by atoms with van der Waals surface area (Å²) in [6.45, 7) is 7.06. The van der Waals surface area contributed by atoms with Gasteiger partial charge in [-0.05, 0) is 75.3 Å². The Balaban J connectivity index is 0.000000210. The van der Waals surface area contributed by atoms with E-state index in [1.807, 2.05) is 68.3 Å². The van der Waals surface area contributed by atoms with Crippen LogP contribution in [0, 0.1) is 3.57 Å². The molecular weight excluding hydrogens is 966 g/mol. The number of carbonyl (C=O) groups is 2. The molecule has 0 radical (unpaired) electrons. The van der Waals surface area contributed by atoms with Gasteiger partial charge >= 0.3 is 135 Å². The molecule has 5 rings (SSSR count). The second-order valence-electron chi connectivity index (χ2n) is 11.9. The van der Waals surface area contributed by atoms with Gasteiger partial charge in [0.15, 0.2) is 0 Å². The summed E-state index contributed by atoms with van der Waals surface area (Å²) in [5.41, 5.74) is 3.17. The van der Waals surface area contributed by atoms with E-state index >= 15 is 0 Å². The van der Waals surface area contributed by atoms with E-state index in [2.05, 4.69) is 92.9 Å². The maximum absolute atomic E-state index is 12.0. The quantitative estimate of drug-likeness (QED) is 0.0632. The summed E-state index contributed by atoms with van der Waals surface area (Å²) in [4.78, 5) is 25.4. The van der Waals surface area contributed by atoms with Crippen LogP contribution in [0.5, 0.6) is 0 Å². The fourth-order valence-electron chi connectivity index (χ4n) is 5.70. The number of thiophene rings is 3. The van der Waals surface area contributed by atoms with Gasteiger partial charge in [0.1, 0.15) is 0 Å². The number of benzene rings is 2. The van der Waals surface area contributed by atoms with Crippen LogP contribution in [0.1, 0.15) is 80.0 Å². The van der Waals surface area contributed by atoms with Gasteiger partial charge in [-0.2, -0.15) is 0 Å². The van der Waals surface area contributed by atoms with Gasteiger partial charge in [0, 0.05) is 23.4 Å². The van der Waals surface area contributed by atoms with E-state index < -0.39 is 18.4 Å². The summed E-state index contributed by atoms with van der Waals surface area (Å²) in [6, 6.07) is 24.2. The summed E-state index contributed by atoms with van der Waals surface area (Å²) < 4.78 is 18.0. The Kier molecular flexibility index (Phi) is 19.9. The minimum Gasteiger partial charge on any atom is -0.465 e. The molecular formula is C40H48BrIO4S3Sn. The molecule has 3 aromatic heterocycles. The van der Waals surface area contributed by atoms with E-state index in [-0.39, 0.29) is 11.9 Å². The Morgan fingerprint density at radius 2 is 1.22 bits per heavy atom. The molecule has 0 saturated carbocycles. The molecule has 0 aliphatic carbocycles. The number of ether oxygens (including phenoxy) is 2. The first kappa shape index (κ1) is 42.9. The molecule has 50 heavy (non-hydrogen) atoms. The Labute approximate surface area is 337 Å². The molecule has 0 spiro atoms. The molecule has 4 nitrogen and oxygen atoms in total. The van der Waals surface area contributed by atoms with Gasteiger partial charge in [0.05, 0.1) is 25.3 Å². The van der Waals surface area contributed by atoms with Gasteiger partial charge in [0.25, 0.3) is 0 Å². The van der Waals surface area contributed by atoms with Gasteiger partial charge in [-0.15, -0.1) is 22.7 Å². The standard InChI is InChI=1S/C16H12O2S2.C8H6BrIO2.C4H3S.3C4H9.Sn/c1-18-16(17)13-10-11(14-4-2-8-19-14)6-7-12(13)15-5-3-9-20-15;1-12-8(11)6-4-5(9)2-3-7(6)10;1-2-4-5-3-1;3*1-3-4-2;/h2-10H,1H3;2-4H,1H3;1-3H;3*1,3-4H2,2H3;. The van der Waals surface area contributed by atoms with E-state index in [1.165, 1.54) is 52.7 Å². The molecule has 0 unspecified atom stereocenters. The Morgan fingerprint density at radius 1 is 0.680 bits per heavy atom. The molecule has 2 aromatic carbocycles. The van der Waals surface area contributed by atoms with Crippen LogP contribution >= 0.6 is 72.5 Å². The molecule has 0 bridgehead atoms. The van der Waals surface area contributed by atoms with Crippen molar-refractivity contribution < 1.29 is 19.1 Å². The van der Waals surface area contributed by atoms with Gasteiger partial charge in [-0.25, -0.2) is 9.59 Å². The van der Waals surface area contributed by atoms with Crippen molar-refractivity contribution in [3.63, 3.8) is 0 Å². The van der Waals surface area contributed by atoms with Crippen LogP contribution in [0.15, 0.2) is 93.4 Å². The van der Waals surface area contributed by atoms with Crippen molar-refractivity contribution >= 4 is 106 Å². The van der Waals surface area contributed by atoms with Gasteiger partial charge in [-0.1, -0.05) is 40.2 Å². The largest absolute Gasteiger partial charge is 0.465 e. The average Bonchev–Trinajstić information content (AvgIpc) is 3.97. The van der Waals surface area contributed by atoms with Crippen LogP contribution in [0.2, 0.25) is 13.3 Å². The first-order chi connectivity index (χ1) is 24.2. The van der Waals surface area contributed by atoms with Gasteiger partial charge in [-0.3, -0.25) is 0 Å². The fourth-order valence-corrected chi connectivity index (χ4v) is 28.0. The molecule has 0 atom stereocenters. The molecule has 268 valence electrons. The zero-order valence-electron chi connectivity index (χ0n) is 29.6. The molecule has 0 amide bonds. The van der Waals surface area contributed by atoms with Crippen LogP contribution < -0.4 is 2.89 Å². The minimum atomic E-state index is -2.01. The van der Waals surface area contributed by atoms with Crippen LogP contribution in [0.4, 0.5) is 0 Å². The van der Waals surface area contributed by atoms with Gasteiger partial charge in [0.2, 0.25) is 0 Å². The molecule has 0 fully saturated rings. The van der Waals surface area contributed by atoms with Crippen molar-refractivity contribution in [2.24, 2.45) is 0 Å². The van der Waals surface area contributed by atoms with Crippen molar-refractivity contribution in [1.29, 1.82) is 0 Å². The first-order valence-corrected chi connectivity index (χ1v) is 29.1. The topological polar surface area (TPSA) is 52.6 Å². The summed E-state index contributed by atoms with van der Waals surface area (Å²) in [7, 11) is 2.79. The van der Waals surface area contributed by atoms with Crippen LogP contribution in [-0.4, -0.2) is 44.5 Å². The average molecular weight is 1010 g/mol. The van der Waals surface area contributed by atoms with Crippen molar-refractivity contribution in [2.75, 3.05) is 14.2 Å². The van der Waals surface area contributed by atoms with Crippen molar-refractivity contribution in [3.8, 4) is 20.9 Å². The second kappa shape index (κ2) is 23.2. The van der Waals surface area contributed by atoms with Crippen molar-refractivity contribution in [3.05, 3.63) is 108 Å². The van der Waals surface area contributed by atoms with E-state index in [0.717, 1.165) is 28.9 Å². The molecule has 0 saturated heterocycles. The number of unbranched alkanes of at least 4 members (excludes halogenated alkanes) is 3. The molecule has 0 N–H and O–H groups in total. The number of rotatable bonds is 14. The second-order valence-corrected chi connectivity index (χ2v) is 31.0. The Hall–Kier alpha value is -1.51. The summed E-state index contributed by atoms with van der Waals surface area (Å²) in [5.74, 6) is -0.604. The normalized spacial score (nSPS) is 10.8. The summed E-state index contributed by atoms with van der Waals surface area (Å²) in [5, 5.41) is 6.34. The maximum atomic E-state index is 12.0. The number of halogens is 2. The predicted molar refractivity (Wildman–Crippen MR) is 231 cm³/mol. The third kappa shape index (κ3) is 12.9. The third-order valence-corrected chi connectivity index (χ3v) is 31.0. The monoisotopic (exact) mass is 1010 g/mol. The minimum absolute atomic E-state index is 0.299. The van der Waals surface area contributed by atoms with Crippen LogP contribution in [0.3, 0.4) is 0 Å². The van der Waals surface area contributed by atoms with E-state index in [1.54, 1.807) is 42.1 Å². The Morgan fingerprint density at radius 3 is 1.72 bits per heavy atom. The van der Waals surface area contributed by atoms with E-state index in [0.29, 0.717) is 11.1 Å². The number of esters is 2. The number of methoxy groups -OCH3 is 2. The molecule has 10 heteroatoms. The van der Waals surface area contributed by atoms with Crippen molar-refractivity contribution in [1.82, 2.24) is 0 Å². The SMILES string of the molecule is CCC[CH2][Sn]([CH2]CCC)([CH2]CCC)[c]1cccs1.COC(=O)c1cc(-c2cccs2)ccc1-c1cccs1.COC(=O)c1cc(Br)ccc1I. The molecule has 3 heterocycles. The third-order valence-electron chi connectivity index (χ3n) is 8.42. The zero-order chi connectivity index (χ0) is 36.4. The number of hydrogen-bond donors (Lipinski definition) is 0. The van der Waals surface area contributed by atoms with Gasteiger partial charge < -0.3 is 9.47 Å². The predicted octanol–water partition coefficient (Wildman–Crippen LogP) is 13.6. The molecule has 0 aliphatic rings. The van der Waals surface area contributed by atoms with Crippen molar-refractivity contribution in [2.45, 2.75) is 72.6 Å². The summed E-state index contributed by atoms with van der Waals surface area (Å²) in [6.07, 6.45) is 8.55. The fraction of sp³-hybridized carbons (Fsp3) is 0.350. The maximum Gasteiger partial charge on any atom is 0.338 e. The van der Waals surface area contributed by atoms with Crippen LogP contribution in [-0.2, 0) is 9.47 Å². The number of hydrogen-bond acceptors (Lipinski definition) is 7. The molecule has 5 aromatic rings. The molecule has 0 aliphatic heterocycles. The number of carbonyl (C=O) groups excluding carboxylic acids is 2. The zero-order valence-corrected chi connectivity index (χ0v) is 38.7. The summed E-state index contributed by atoms with van der Waals surface area (Å²) >= 11 is 8.71. The van der Waals surface area contributed by atoms with E-state index in [4.69, 9.17) is 4.74 Å². The Bertz CT molecular complexity index is 1680. The van der Waals surface area contributed by atoms with E-state index in [9.17, 15) is 9.59 Å². The smallest absolute Gasteiger partial charge is 0.338 e. The van der Waals surface area contributed by atoms with Crippen LogP contribution in [0.25, 0.3) is 20.9 Å². The first-order valence-electron chi connectivity index (χ1n) is 17.1.